The van der Waals surface area contributed by atoms with E-state index in [0.29, 0.717) is 4.47 Å². The lowest BCUT2D eigenvalue weighted by Gasteiger charge is -2.09. The van der Waals surface area contributed by atoms with Crippen LogP contribution in [0.2, 0.25) is 0 Å². The van der Waals surface area contributed by atoms with Crippen LogP contribution in [0.1, 0.15) is 0 Å². The Morgan fingerprint density at radius 3 is 2.78 bits per heavy atom. The van der Waals surface area contributed by atoms with Crippen molar-refractivity contribution >= 4 is 31.6 Å². The largest absolute Gasteiger partial charge is 0.398 e. The van der Waals surface area contributed by atoms with Crippen LogP contribution in [0.5, 0.6) is 0 Å². The number of benzene rings is 1. The first-order chi connectivity index (χ1) is 8.47. The molecule has 0 aliphatic heterocycles. The number of ether oxygens (including phenoxy) is 1. The van der Waals surface area contributed by atoms with Gasteiger partial charge in [-0.05, 0) is 18.2 Å². The molecule has 0 aliphatic rings. The second-order valence-corrected chi connectivity index (χ2v) is 6.07. The van der Waals surface area contributed by atoms with Crippen molar-refractivity contribution < 1.29 is 18.3 Å². The van der Waals surface area contributed by atoms with E-state index in [0.717, 1.165) is 0 Å². The third-order valence-electron chi connectivity index (χ3n) is 2.04. The molecule has 102 valence electrons. The van der Waals surface area contributed by atoms with Crippen molar-refractivity contribution in [1.82, 2.24) is 4.72 Å². The molecule has 0 saturated carbocycles. The number of halogens is 1. The van der Waals surface area contributed by atoms with Crippen LogP contribution in [-0.2, 0) is 14.8 Å². The number of anilines is 1. The molecule has 0 aliphatic carbocycles. The number of hydrogen-bond acceptors (Lipinski definition) is 5. The average molecular weight is 339 g/mol. The summed E-state index contributed by atoms with van der Waals surface area (Å²) in [4.78, 5) is 0.0269. The Morgan fingerprint density at radius 2 is 2.11 bits per heavy atom. The van der Waals surface area contributed by atoms with Gasteiger partial charge in [-0.15, -0.1) is 0 Å². The lowest BCUT2D eigenvalue weighted by atomic mass is 10.3. The zero-order valence-corrected chi connectivity index (χ0v) is 12.0. The smallest absolute Gasteiger partial charge is 0.242 e. The van der Waals surface area contributed by atoms with Gasteiger partial charge in [0.05, 0.1) is 25.5 Å². The monoisotopic (exact) mass is 338 g/mol. The highest BCUT2D eigenvalue weighted by Gasteiger charge is 2.17. The van der Waals surface area contributed by atoms with Gasteiger partial charge in [-0.1, -0.05) is 15.9 Å². The maximum atomic E-state index is 11.9. The quantitative estimate of drug-likeness (QED) is 0.491. The van der Waals surface area contributed by atoms with E-state index < -0.39 is 10.0 Å². The summed E-state index contributed by atoms with van der Waals surface area (Å²) in [5.74, 6) is 0. The number of nitrogens with one attached hydrogen (secondary N) is 1. The highest BCUT2D eigenvalue weighted by atomic mass is 79.9. The summed E-state index contributed by atoms with van der Waals surface area (Å²) < 4.78 is 31.8. The summed E-state index contributed by atoms with van der Waals surface area (Å²) in [6.07, 6.45) is 0. The second-order valence-electron chi connectivity index (χ2n) is 3.42. The molecule has 0 fully saturated rings. The Balaban J connectivity index is 2.66. The third-order valence-corrected chi connectivity index (χ3v) is 4.05. The SMILES string of the molecule is Nc1ccc(Br)cc1S(=O)(=O)NCCOCCO. The van der Waals surface area contributed by atoms with Crippen molar-refractivity contribution in [3.05, 3.63) is 22.7 Å². The molecule has 0 bridgehead atoms. The van der Waals surface area contributed by atoms with Gasteiger partial charge in [0, 0.05) is 11.0 Å². The molecule has 18 heavy (non-hydrogen) atoms. The van der Waals surface area contributed by atoms with Crippen molar-refractivity contribution in [2.75, 3.05) is 32.1 Å². The zero-order chi connectivity index (χ0) is 13.6. The van der Waals surface area contributed by atoms with Gasteiger partial charge >= 0.3 is 0 Å². The predicted molar refractivity (Wildman–Crippen MR) is 71.6 cm³/mol. The summed E-state index contributed by atoms with van der Waals surface area (Å²) >= 11 is 3.19. The fourth-order valence-electron chi connectivity index (χ4n) is 1.23. The molecule has 1 aromatic carbocycles. The minimum atomic E-state index is -3.65. The molecule has 0 aromatic heterocycles. The van der Waals surface area contributed by atoms with Gasteiger partial charge in [0.1, 0.15) is 4.90 Å². The molecule has 0 atom stereocenters. The molecule has 1 rings (SSSR count). The number of aliphatic hydroxyl groups excluding tert-OH is 1. The Bertz CT molecular complexity index is 493. The van der Waals surface area contributed by atoms with Gasteiger partial charge in [0.15, 0.2) is 0 Å². The van der Waals surface area contributed by atoms with Crippen molar-refractivity contribution in [2.24, 2.45) is 0 Å². The Morgan fingerprint density at radius 1 is 1.39 bits per heavy atom. The number of nitrogens with two attached hydrogens (primary N) is 1. The molecular weight excluding hydrogens is 324 g/mol. The zero-order valence-electron chi connectivity index (χ0n) is 9.60. The maximum absolute atomic E-state index is 11.9. The second kappa shape index (κ2) is 7.05. The summed E-state index contributed by atoms with van der Waals surface area (Å²) in [5.41, 5.74) is 5.81. The van der Waals surface area contributed by atoms with Gasteiger partial charge in [-0.3, -0.25) is 0 Å². The summed E-state index contributed by atoms with van der Waals surface area (Å²) in [6.45, 7) is 0.397. The van der Waals surface area contributed by atoms with Crippen molar-refractivity contribution in [1.29, 1.82) is 0 Å². The first kappa shape index (κ1) is 15.4. The normalized spacial score (nSPS) is 11.7. The fraction of sp³-hybridized carbons (Fsp3) is 0.400. The molecule has 4 N–H and O–H groups in total. The highest BCUT2D eigenvalue weighted by molar-refractivity contribution is 9.10. The number of aliphatic hydroxyl groups is 1. The molecule has 6 nitrogen and oxygen atoms in total. The van der Waals surface area contributed by atoms with Crippen LogP contribution >= 0.6 is 15.9 Å². The number of hydrogen-bond donors (Lipinski definition) is 3. The van der Waals surface area contributed by atoms with Gasteiger partial charge in [-0.2, -0.15) is 0 Å². The van der Waals surface area contributed by atoms with E-state index in [4.69, 9.17) is 15.6 Å². The number of rotatable bonds is 7. The summed E-state index contributed by atoms with van der Waals surface area (Å²) in [7, 11) is -3.65. The average Bonchev–Trinajstić information content (AvgIpc) is 2.32. The summed E-state index contributed by atoms with van der Waals surface area (Å²) in [5, 5.41) is 8.48. The van der Waals surface area contributed by atoms with Crippen LogP contribution < -0.4 is 10.5 Å². The number of sulfonamides is 1. The molecule has 0 radical (unpaired) electrons. The standard InChI is InChI=1S/C10H15BrN2O4S/c11-8-1-2-9(12)10(7-8)18(15,16)13-3-5-17-6-4-14/h1-2,7,13-14H,3-6,12H2. The third kappa shape index (κ3) is 4.54. The van der Waals surface area contributed by atoms with Crippen LogP contribution in [0.15, 0.2) is 27.6 Å². The van der Waals surface area contributed by atoms with Gasteiger partial charge in [0.25, 0.3) is 0 Å². The van der Waals surface area contributed by atoms with Crippen LogP contribution in [0.4, 0.5) is 5.69 Å². The van der Waals surface area contributed by atoms with E-state index in [1.165, 1.54) is 12.1 Å². The van der Waals surface area contributed by atoms with Crippen molar-refractivity contribution in [3.63, 3.8) is 0 Å². The first-order valence-electron chi connectivity index (χ1n) is 5.20. The predicted octanol–water partition coefficient (Wildman–Crippen LogP) is 0.319. The van der Waals surface area contributed by atoms with Crippen molar-refractivity contribution in [3.8, 4) is 0 Å². The van der Waals surface area contributed by atoms with Gasteiger partial charge in [0.2, 0.25) is 10.0 Å². The van der Waals surface area contributed by atoms with Gasteiger partial charge in [-0.25, -0.2) is 13.1 Å². The summed E-state index contributed by atoms with van der Waals surface area (Å²) in [6, 6.07) is 4.62. The van der Waals surface area contributed by atoms with Crippen molar-refractivity contribution in [2.45, 2.75) is 4.90 Å². The maximum Gasteiger partial charge on any atom is 0.242 e. The molecular formula is C10H15BrN2O4S. The Hall–Kier alpha value is -0.670. The number of nitrogen functional groups attached to an aromatic ring is 1. The Labute approximate surface area is 114 Å². The molecule has 1 aromatic rings. The molecule has 0 unspecified atom stereocenters. The molecule has 8 heteroatoms. The van der Waals surface area contributed by atoms with E-state index in [1.54, 1.807) is 6.07 Å². The lowest BCUT2D eigenvalue weighted by molar-refractivity contribution is 0.0961. The molecule has 0 heterocycles. The minimum absolute atomic E-state index is 0.0269. The van der Waals surface area contributed by atoms with E-state index in [9.17, 15) is 8.42 Å². The van der Waals surface area contributed by atoms with Crippen LogP contribution in [0, 0.1) is 0 Å². The molecule has 0 amide bonds. The topological polar surface area (TPSA) is 102 Å². The molecule has 0 spiro atoms. The fourth-order valence-corrected chi connectivity index (χ4v) is 2.91. The van der Waals surface area contributed by atoms with Crippen LogP contribution in [0.3, 0.4) is 0 Å². The van der Waals surface area contributed by atoms with E-state index in [1.807, 2.05) is 0 Å². The van der Waals surface area contributed by atoms with E-state index in [2.05, 4.69) is 20.7 Å². The minimum Gasteiger partial charge on any atom is -0.398 e. The van der Waals surface area contributed by atoms with E-state index in [-0.39, 0.29) is 36.9 Å². The van der Waals surface area contributed by atoms with E-state index >= 15 is 0 Å². The Kier molecular flexibility index (Phi) is 6.03. The molecule has 0 saturated heterocycles. The van der Waals surface area contributed by atoms with Gasteiger partial charge < -0.3 is 15.6 Å². The van der Waals surface area contributed by atoms with Crippen LogP contribution in [-0.4, -0.2) is 39.9 Å². The van der Waals surface area contributed by atoms with Crippen LogP contribution in [0.25, 0.3) is 0 Å². The first-order valence-corrected chi connectivity index (χ1v) is 7.48. The lowest BCUT2D eigenvalue weighted by Crippen LogP contribution is -2.28. The highest BCUT2D eigenvalue weighted by Crippen LogP contribution is 2.22.